The Morgan fingerprint density at radius 1 is 1.10 bits per heavy atom. The van der Waals surface area contributed by atoms with Gasteiger partial charge in [-0.15, -0.1) is 6.58 Å². The average molecular weight is 426 g/mol. The van der Waals surface area contributed by atoms with Crippen LogP contribution in [0.2, 0.25) is 0 Å². The first-order valence-corrected chi connectivity index (χ1v) is 10.6. The molecule has 0 saturated carbocycles. The van der Waals surface area contributed by atoms with Gasteiger partial charge in [0.25, 0.3) is 5.91 Å². The monoisotopic (exact) mass is 425 g/mol. The quantitative estimate of drug-likeness (QED) is 0.315. The van der Waals surface area contributed by atoms with Crippen LogP contribution in [0, 0.1) is 5.92 Å². The summed E-state index contributed by atoms with van der Waals surface area (Å²) in [4.78, 5) is 14.7. The fourth-order valence-corrected chi connectivity index (χ4v) is 3.96. The third-order valence-electron chi connectivity index (χ3n) is 4.19. The van der Waals surface area contributed by atoms with E-state index < -0.39 is 0 Å². The summed E-state index contributed by atoms with van der Waals surface area (Å²) in [6, 6.07) is 17.4. The van der Waals surface area contributed by atoms with Crippen molar-refractivity contribution in [2.24, 2.45) is 5.92 Å². The summed E-state index contributed by atoms with van der Waals surface area (Å²) in [6.07, 6.45) is 3.51. The van der Waals surface area contributed by atoms with E-state index in [1.54, 1.807) is 11.0 Å². The molecule has 1 saturated heterocycles. The van der Waals surface area contributed by atoms with Crippen LogP contribution in [0.5, 0.6) is 11.5 Å². The van der Waals surface area contributed by atoms with E-state index in [4.69, 9.17) is 21.7 Å². The van der Waals surface area contributed by atoms with Gasteiger partial charge in [0.15, 0.2) is 0 Å². The molecule has 0 radical (unpaired) electrons. The van der Waals surface area contributed by atoms with Crippen molar-refractivity contribution < 1.29 is 14.3 Å². The molecule has 4 nitrogen and oxygen atoms in total. The summed E-state index contributed by atoms with van der Waals surface area (Å²) in [5.74, 6) is 1.68. The minimum absolute atomic E-state index is 0.0978. The number of thiocarbonyl (C=S) groups is 1. The van der Waals surface area contributed by atoms with E-state index in [1.165, 1.54) is 11.8 Å². The van der Waals surface area contributed by atoms with Gasteiger partial charge in [-0.3, -0.25) is 9.69 Å². The number of hydrogen-bond donors (Lipinski definition) is 0. The molecule has 1 aliphatic rings. The standard InChI is InChI=1S/C23H23NO3S2/c1-3-13-24-22(25)21(29-23(24)28)14-18-9-7-8-12-20(18)27-16-17(2)15-26-19-10-5-4-6-11-19/h3-12,14,17H,1,13,15-16H2,2H3. The van der Waals surface area contributed by atoms with Crippen LogP contribution in [0.4, 0.5) is 0 Å². The lowest BCUT2D eigenvalue weighted by Gasteiger charge is -2.15. The van der Waals surface area contributed by atoms with Crippen molar-refractivity contribution in [3.63, 3.8) is 0 Å². The van der Waals surface area contributed by atoms with Crippen LogP contribution >= 0.6 is 24.0 Å². The predicted octanol–water partition coefficient (Wildman–Crippen LogP) is 5.17. The van der Waals surface area contributed by atoms with E-state index in [-0.39, 0.29) is 11.8 Å². The third-order valence-corrected chi connectivity index (χ3v) is 5.57. The molecule has 2 aromatic carbocycles. The summed E-state index contributed by atoms with van der Waals surface area (Å²) >= 11 is 6.60. The number of amides is 1. The highest BCUT2D eigenvalue weighted by molar-refractivity contribution is 8.26. The first-order chi connectivity index (χ1) is 14.1. The number of carbonyl (C=O) groups is 1. The molecule has 0 aliphatic carbocycles. The Hall–Kier alpha value is -2.57. The Kier molecular flexibility index (Phi) is 7.49. The van der Waals surface area contributed by atoms with Gasteiger partial charge in [-0.1, -0.05) is 73.4 Å². The molecule has 3 rings (SSSR count). The van der Waals surface area contributed by atoms with E-state index in [0.717, 1.165) is 17.1 Å². The Morgan fingerprint density at radius 3 is 2.55 bits per heavy atom. The normalized spacial score (nSPS) is 16.2. The van der Waals surface area contributed by atoms with E-state index in [2.05, 4.69) is 13.5 Å². The molecule has 0 N–H and O–H groups in total. The maximum atomic E-state index is 12.6. The van der Waals surface area contributed by atoms with Gasteiger partial charge in [-0.05, 0) is 24.3 Å². The number of thioether (sulfide) groups is 1. The second-order valence-corrected chi connectivity index (χ2v) is 8.33. The SMILES string of the molecule is C=CCN1C(=O)C(=Cc2ccccc2OCC(C)COc2ccccc2)SC1=S. The molecule has 0 bridgehead atoms. The zero-order valence-electron chi connectivity index (χ0n) is 16.2. The largest absolute Gasteiger partial charge is 0.493 e. The summed E-state index contributed by atoms with van der Waals surface area (Å²) in [5, 5.41) is 0. The Morgan fingerprint density at radius 2 is 1.79 bits per heavy atom. The highest BCUT2D eigenvalue weighted by Gasteiger charge is 2.31. The van der Waals surface area contributed by atoms with Crippen molar-refractivity contribution in [3.8, 4) is 11.5 Å². The van der Waals surface area contributed by atoms with E-state index in [0.29, 0.717) is 29.0 Å². The highest BCUT2D eigenvalue weighted by atomic mass is 32.2. The summed E-state index contributed by atoms with van der Waals surface area (Å²) < 4.78 is 12.4. The summed E-state index contributed by atoms with van der Waals surface area (Å²) in [7, 11) is 0. The number of rotatable bonds is 9. The van der Waals surface area contributed by atoms with Crippen molar-refractivity contribution >= 4 is 40.3 Å². The van der Waals surface area contributed by atoms with Crippen LogP contribution in [0.15, 0.2) is 72.2 Å². The molecule has 1 unspecified atom stereocenters. The van der Waals surface area contributed by atoms with Gasteiger partial charge in [0, 0.05) is 18.0 Å². The molecule has 0 aromatic heterocycles. The maximum absolute atomic E-state index is 12.6. The Bertz CT molecular complexity index is 911. The van der Waals surface area contributed by atoms with Crippen molar-refractivity contribution in [3.05, 3.63) is 77.7 Å². The number of carbonyl (C=O) groups excluding carboxylic acids is 1. The van der Waals surface area contributed by atoms with Crippen molar-refractivity contribution in [2.45, 2.75) is 6.92 Å². The number of hydrogen-bond acceptors (Lipinski definition) is 5. The zero-order valence-corrected chi connectivity index (χ0v) is 17.9. The zero-order chi connectivity index (χ0) is 20.6. The Balaban J connectivity index is 1.62. The van der Waals surface area contributed by atoms with Gasteiger partial charge in [0.05, 0.1) is 18.1 Å². The minimum Gasteiger partial charge on any atom is -0.493 e. The molecule has 2 aromatic rings. The minimum atomic E-state index is -0.0978. The first-order valence-electron chi connectivity index (χ1n) is 9.34. The fourth-order valence-electron chi connectivity index (χ4n) is 2.69. The van der Waals surface area contributed by atoms with Gasteiger partial charge >= 0.3 is 0 Å². The highest BCUT2D eigenvalue weighted by Crippen LogP contribution is 2.34. The molecule has 29 heavy (non-hydrogen) atoms. The van der Waals surface area contributed by atoms with E-state index in [1.807, 2.05) is 60.7 Å². The maximum Gasteiger partial charge on any atom is 0.266 e. The number of benzene rings is 2. The number of nitrogens with zero attached hydrogens (tertiary/aromatic N) is 1. The van der Waals surface area contributed by atoms with Gasteiger partial charge in [0.2, 0.25) is 0 Å². The van der Waals surface area contributed by atoms with Crippen LogP contribution in [0.3, 0.4) is 0 Å². The molecule has 150 valence electrons. The molecular formula is C23H23NO3S2. The van der Waals surface area contributed by atoms with Gasteiger partial charge in [-0.2, -0.15) is 0 Å². The van der Waals surface area contributed by atoms with E-state index in [9.17, 15) is 4.79 Å². The molecule has 1 aliphatic heterocycles. The fraction of sp³-hybridized carbons (Fsp3) is 0.217. The third kappa shape index (κ3) is 5.71. The smallest absolute Gasteiger partial charge is 0.266 e. The van der Waals surface area contributed by atoms with E-state index >= 15 is 0 Å². The van der Waals surface area contributed by atoms with Crippen LogP contribution < -0.4 is 9.47 Å². The Labute approximate surface area is 181 Å². The molecule has 6 heteroatoms. The van der Waals surface area contributed by atoms with Crippen LogP contribution in [-0.4, -0.2) is 34.9 Å². The van der Waals surface area contributed by atoms with Crippen molar-refractivity contribution in [1.82, 2.24) is 4.90 Å². The molecule has 1 atom stereocenters. The topological polar surface area (TPSA) is 38.8 Å². The molecule has 0 spiro atoms. The van der Waals surface area contributed by atoms with Crippen LogP contribution in [0.1, 0.15) is 12.5 Å². The lowest BCUT2D eigenvalue weighted by Crippen LogP contribution is -2.27. The first kappa shape index (κ1) is 21.1. The van der Waals surface area contributed by atoms with Crippen LogP contribution in [0.25, 0.3) is 6.08 Å². The van der Waals surface area contributed by atoms with Crippen LogP contribution in [-0.2, 0) is 4.79 Å². The second-order valence-electron chi connectivity index (χ2n) is 6.66. The van der Waals surface area contributed by atoms with Crippen molar-refractivity contribution in [1.29, 1.82) is 0 Å². The number of ether oxygens (including phenoxy) is 2. The van der Waals surface area contributed by atoms with Crippen molar-refractivity contribution in [2.75, 3.05) is 19.8 Å². The van der Waals surface area contributed by atoms with Gasteiger partial charge < -0.3 is 9.47 Å². The lowest BCUT2D eigenvalue weighted by atomic mass is 10.1. The molecule has 1 amide bonds. The summed E-state index contributed by atoms with van der Waals surface area (Å²) in [6.45, 7) is 7.24. The number of para-hydroxylation sites is 2. The van der Waals surface area contributed by atoms with Gasteiger partial charge in [-0.25, -0.2) is 0 Å². The lowest BCUT2D eigenvalue weighted by molar-refractivity contribution is -0.121. The van der Waals surface area contributed by atoms with Gasteiger partial charge in [0.1, 0.15) is 15.8 Å². The summed E-state index contributed by atoms with van der Waals surface area (Å²) in [5.41, 5.74) is 0.850. The predicted molar refractivity (Wildman–Crippen MR) is 123 cm³/mol. The molecule has 1 heterocycles. The molecular weight excluding hydrogens is 402 g/mol. The molecule has 1 fully saturated rings. The average Bonchev–Trinajstić information content (AvgIpc) is 3.00. The second kappa shape index (κ2) is 10.3.